The maximum atomic E-state index is 12.9. The number of hydrogen-bond acceptors (Lipinski definition) is 4. The van der Waals surface area contributed by atoms with E-state index in [0.717, 1.165) is 0 Å². The van der Waals surface area contributed by atoms with Crippen LogP contribution >= 0.6 is 12.4 Å². The Morgan fingerprint density at radius 3 is 2.15 bits per heavy atom. The molecule has 0 unspecified atom stereocenters. The Kier molecular flexibility index (Phi) is 7.15. The van der Waals surface area contributed by atoms with Crippen molar-refractivity contribution in [3.63, 3.8) is 0 Å². The van der Waals surface area contributed by atoms with Crippen molar-refractivity contribution in [2.45, 2.75) is 0 Å². The minimum Gasteiger partial charge on any atom is -0.399 e. The molecule has 0 spiro atoms. The van der Waals surface area contributed by atoms with Crippen molar-refractivity contribution in [3.05, 3.63) is 59.9 Å². The normalized spacial score (nSPS) is 14.3. The number of rotatable bonds is 4. The summed E-state index contributed by atoms with van der Waals surface area (Å²) in [5.74, 6) is -0.528. The molecule has 1 fully saturated rings. The van der Waals surface area contributed by atoms with Crippen LogP contribution in [0.5, 0.6) is 0 Å². The molecule has 0 atom stereocenters. The van der Waals surface area contributed by atoms with Crippen molar-refractivity contribution >= 4 is 35.6 Å². The van der Waals surface area contributed by atoms with Gasteiger partial charge in [0.1, 0.15) is 5.82 Å². The molecule has 0 aliphatic carbocycles. The lowest BCUT2D eigenvalue weighted by Crippen LogP contribution is -2.50. The Bertz CT molecular complexity index is 775. The van der Waals surface area contributed by atoms with Gasteiger partial charge in [0, 0.05) is 43.1 Å². The molecule has 2 aromatic rings. The van der Waals surface area contributed by atoms with E-state index in [1.165, 1.54) is 24.3 Å². The van der Waals surface area contributed by atoms with E-state index in [1.807, 2.05) is 4.90 Å². The van der Waals surface area contributed by atoms with Crippen LogP contribution in [0.4, 0.5) is 15.8 Å². The van der Waals surface area contributed by atoms with Gasteiger partial charge in [-0.3, -0.25) is 14.5 Å². The minimum absolute atomic E-state index is 0. The van der Waals surface area contributed by atoms with Crippen LogP contribution in [0.25, 0.3) is 0 Å². The van der Waals surface area contributed by atoms with E-state index in [1.54, 1.807) is 29.2 Å². The number of nitrogen functional groups attached to an aromatic ring is 1. The van der Waals surface area contributed by atoms with Crippen LogP contribution in [0, 0.1) is 5.82 Å². The fraction of sp³-hybridized carbons (Fsp3) is 0.263. The van der Waals surface area contributed by atoms with Gasteiger partial charge in [0.2, 0.25) is 5.91 Å². The second-order valence-corrected chi connectivity index (χ2v) is 6.25. The second kappa shape index (κ2) is 9.34. The lowest BCUT2D eigenvalue weighted by molar-refractivity contribution is -0.117. The predicted octanol–water partition coefficient (Wildman–Crippen LogP) is 2.23. The molecule has 2 amide bonds. The third kappa shape index (κ3) is 5.67. The number of piperazine rings is 1. The molecule has 0 bridgehead atoms. The SMILES string of the molecule is Cl.Nc1ccc(C(=O)N2CCN(CC(=O)Nc3ccc(F)cc3)CC2)cc1. The predicted molar refractivity (Wildman–Crippen MR) is 105 cm³/mol. The van der Waals surface area contributed by atoms with Crippen molar-refractivity contribution in [3.8, 4) is 0 Å². The van der Waals surface area contributed by atoms with Crippen LogP contribution in [-0.2, 0) is 4.79 Å². The van der Waals surface area contributed by atoms with Crippen LogP contribution in [0.2, 0.25) is 0 Å². The van der Waals surface area contributed by atoms with Crippen molar-refractivity contribution in [2.24, 2.45) is 0 Å². The standard InChI is InChI=1S/C19H21FN4O2.ClH/c20-15-3-7-17(8-4-15)22-18(25)13-23-9-11-24(12-10-23)19(26)14-1-5-16(21)6-2-14;/h1-8H,9-13,21H2,(H,22,25);1H. The monoisotopic (exact) mass is 392 g/mol. The van der Waals surface area contributed by atoms with Crippen LogP contribution in [0.15, 0.2) is 48.5 Å². The third-order valence-electron chi connectivity index (χ3n) is 4.31. The van der Waals surface area contributed by atoms with Crippen LogP contribution in [0.3, 0.4) is 0 Å². The van der Waals surface area contributed by atoms with Crippen molar-refractivity contribution < 1.29 is 14.0 Å². The first-order valence-electron chi connectivity index (χ1n) is 8.44. The first kappa shape index (κ1) is 20.7. The van der Waals surface area contributed by atoms with Crippen molar-refractivity contribution in [2.75, 3.05) is 43.8 Å². The van der Waals surface area contributed by atoms with Gasteiger partial charge >= 0.3 is 0 Å². The summed E-state index contributed by atoms with van der Waals surface area (Å²) < 4.78 is 12.9. The highest BCUT2D eigenvalue weighted by Gasteiger charge is 2.23. The number of nitrogens with zero attached hydrogens (tertiary/aromatic N) is 2. The molecule has 3 rings (SSSR count). The zero-order valence-electron chi connectivity index (χ0n) is 14.7. The molecule has 3 N–H and O–H groups in total. The number of hydrogen-bond donors (Lipinski definition) is 2. The van der Waals surface area contributed by atoms with E-state index >= 15 is 0 Å². The number of benzene rings is 2. The number of anilines is 2. The van der Waals surface area contributed by atoms with E-state index in [0.29, 0.717) is 43.1 Å². The van der Waals surface area contributed by atoms with Gasteiger partial charge in [0.05, 0.1) is 6.54 Å². The molecule has 2 aromatic carbocycles. The smallest absolute Gasteiger partial charge is 0.253 e. The molecule has 1 saturated heterocycles. The number of nitrogens with one attached hydrogen (secondary N) is 1. The second-order valence-electron chi connectivity index (χ2n) is 6.25. The quantitative estimate of drug-likeness (QED) is 0.782. The van der Waals surface area contributed by atoms with E-state index in [-0.39, 0.29) is 36.6 Å². The molecule has 27 heavy (non-hydrogen) atoms. The largest absolute Gasteiger partial charge is 0.399 e. The topological polar surface area (TPSA) is 78.7 Å². The van der Waals surface area contributed by atoms with Gasteiger partial charge in [-0.25, -0.2) is 4.39 Å². The summed E-state index contributed by atoms with van der Waals surface area (Å²) in [6.07, 6.45) is 0. The highest BCUT2D eigenvalue weighted by molar-refractivity contribution is 5.94. The molecule has 0 saturated carbocycles. The summed E-state index contributed by atoms with van der Waals surface area (Å²) in [4.78, 5) is 28.3. The molecule has 0 aromatic heterocycles. The molecule has 1 aliphatic heterocycles. The molecule has 6 nitrogen and oxygen atoms in total. The summed E-state index contributed by atoms with van der Waals surface area (Å²) in [7, 11) is 0. The fourth-order valence-electron chi connectivity index (χ4n) is 2.85. The lowest BCUT2D eigenvalue weighted by atomic mass is 10.1. The third-order valence-corrected chi connectivity index (χ3v) is 4.31. The van der Waals surface area contributed by atoms with Gasteiger partial charge in [0.15, 0.2) is 0 Å². The van der Waals surface area contributed by atoms with Gasteiger partial charge in [-0.05, 0) is 48.5 Å². The van der Waals surface area contributed by atoms with Crippen molar-refractivity contribution in [1.82, 2.24) is 9.80 Å². The van der Waals surface area contributed by atoms with E-state index in [4.69, 9.17) is 5.73 Å². The first-order valence-corrected chi connectivity index (χ1v) is 8.44. The number of carbonyl (C=O) groups is 2. The van der Waals surface area contributed by atoms with Crippen LogP contribution in [0.1, 0.15) is 10.4 Å². The summed E-state index contributed by atoms with van der Waals surface area (Å²) >= 11 is 0. The highest BCUT2D eigenvalue weighted by Crippen LogP contribution is 2.12. The van der Waals surface area contributed by atoms with E-state index in [2.05, 4.69) is 5.32 Å². The number of carbonyl (C=O) groups excluding carboxylic acids is 2. The zero-order valence-corrected chi connectivity index (χ0v) is 15.5. The number of halogens is 2. The molecular weight excluding hydrogens is 371 g/mol. The number of amides is 2. The Labute approximate surface area is 163 Å². The average molecular weight is 393 g/mol. The van der Waals surface area contributed by atoms with Gasteiger partial charge in [-0.15, -0.1) is 12.4 Å². The summed E-state index contributed by atoms with van der Waals surface area (Å²) in [5.41, 5.74) is 7.44. The van der Waals surface area contributed by atoms with E-state index in [9.17, 15) is 14.0 Å². The lowest BCUT2D eigenvalue weighted by Gasteiger charge is -2.34. The van der Waals surface area contributed by atoms with Gasteiger partial charge in [-0.2, -0.15) is 0 Å². The molecular formula is C19H22ClFN4O2. The molecule has 8 heteroatoms. The zero-order chi connectivity index (χ0) is 18.5. The van der Waals surface area contributed by atoms with Gasteiger partial charge in [0.25, 0.3) is 5.91 Å². The summed E-state index contributed by atoms with van der Waals surface area (Å²) in [6, 6.07) is 12.5. The number of nitrogens with two attached hydrogens (primary N) is 1. The fourth-order valence-corrected chi connectivity index (χ4v) is 2.85. The minimum atomic E-state index is -0.343. The van der Waals surface area contributed by atoms with Gasteiger partial charge < -0.3 is 16.0 Å². The average Bonchev–Trinajstić information content (AvgIpc) is 2.64. The Balaban J connectivity index is 0.00000261. The van der Waals surface area contributed by atoms with Crippen LogP contribution < -0.4 is 11.1 Å². The Morgan fingerprint density at radius 2 is 1.56 bits per heavy atom. The summed E-state index contributed by atoms with van der Waals surface area (Å²) in [5, 5.41) is 2.74. The Morgan fingerprint density at radius 1 is 0.963 bits per heavy atom. The first-order chi connectivity index (χ1) is 12.5. The molecule has 1 aliphatic rings. The van der Waals surface area contributed by atoms with Crippen molar-refractivity contribution in [1.29, 1.82) is 0 Å². The maximum Gasteiger partial charge on any atom is 0.253 e. The molecule has 144 valence electrons. The highest BCUT2D eigenvalue weighted by atomic mass is 35.5. The van der Waals surface area contributed by atoms with Crippen LogP contribution in [-0.4, -0.2) is 54.3 Å². The molecule has 1 heterocycles. The Hall–Kier alpha value is -2.64. The maximum absolute atomic E-state index is 12.9. The molecule has 0 radical (unpaired) electrons. The van der Waals surface area contributed by atoms with E-state index < -0.39 is 0 Å². The summed E-state index contributed by atoms with van der Waals surface area (Å²) in [6.45, 7) is 2.61. The van der Waals surface area contributed by atoms with Gasteiger partial charge in [-0.1, -0.05) is 0 Å².